The summed E-state index contributed by atoms with van der Waals surface area (Å²) in [5.41, 5.74) is 2.75. The minimum Gasteiger partial charge on any atom is -0.236 e. The minimum absolute atomic E-state index is 0. The second-order valence-corrected chi connectivity index (χ2v) is 6.14. The van der Waals surface area contributed by atoms with Crippen molar-refractivity contribution in [3.63, 3.8) is 0 Å². The van der Waals surface area contributed by atoms with E-state index in [0.717, 1.165) is 11.5 Å². The van der Waals surface area contributed by atoms with Crippen LogP contribution in [0.15, 0.2) is 36.4 Å². The maximum Gasteiger partial charge on any atom is 3.00 e. The van der Waals surface area contributed by atoms with E-state index >= 15 is 0 Å². The summed E-state index contributed by atoms with van der Waals surface area (Å²) in [6.07, 6.45) is 5.06. The summed E-state index contributed by atoms with van der Waals surface area (Å²) in [6, 6.07) is 12.8. The van der Waals surface area contributed by atoms with Gasteiger partial charge in [-0.15, -0.1) is 23.8 Å². The van der Waals surface area contributed by atoms with Crippen molar-refractivity contribution in [2.75, 3.05) is 0 Å². The van der Waals surface area contributed by atoms with Crippen LogP contribution in [-0.2, 0) is 32.7 Å². The molecular formula is C19H19F2Y+2. The molecule has 0 nitrogen and oxygen atoms in total. The van der Waals surface area contributed by atoms with Gasteiger partial charge in [-0.1, -0.05) is 44.0 Å². The van der Waals surface area contributed by atoms with E-state index in [-0.39, 0.29) is 32.7 Å². The molecule has 3 rings (SSSR count). The molecule has 0 bridgehead atoms. The first-order valence-corrected chi connectivity index (χ1v) is 7.60. The van der Waals surface area contributed by atoms with Gasteiger partial charge in [0.2, 0.25) is 0 Å². The smallest absolute Gasteiger partial charge is 0.236 e. The molecule has 0 radical (unpaired) electrons. The fourth-order valence-electron chi connectivity index (χ4n) is 3.21. The van der Waals surface area contributed by atoms with Crippen LogP contribution in [-0.4, -0.2) is 0 Å². The van der Waals surface area contributed by atoms with E-state index in [1.165, 1.54) is 43.4 Å². The maximum absolute atomic E-state index is 13.2. The van der Waals surface area contributed by atoms with Crippen LogP contribution < -0.4 is 0 Å². The van der Waals surface area contributed by atoms with E-state index in [1.807, 2.05) is 18.2 Å². The molecule has 0 atom stereocenters. The number of halogens is 2. The van der Waals surface area contributed by atoms with E-state index in [9.17, 15) is 8.78 Å². The van der Waals surface area contributed by atoms with Gasteiger partial charge in [-0.2, -0.15) is 0 Å². The summed E-state index contributed by atoms with van der Waals surface area (Å²) < 4.78 is 26.4. The fraction of sp³-hybridized carbons (Fsp3) is 0.368. The van der Waals surface area contributed by atoms with Crippen LogP contribution in [0, 0.1) is 23.6 Å². The topological polar surface area (TPSA) is 0 Å². The van der Waals surface area contributed by atoms with Gasteiger partial charge < -0.3 is 0 Å². The first-order chi connectivity index (χ1) is 10.1. The Balaban J connectivity index is 0.00000176. The zero-order chi connectivity index (χ0) is 14.8. The SMILES string of the molecule is CC1CCC(c2ccc(-c3cc(F)[c-]c(F)c3)cc2)CC1.[Y+3]. The molecule has 3 heteroatoms. The van der Waals surface area contributed by atoms with Crippen LogP contribution in [0.25, 0.3) is 11.1 Å². The fourth-order valence-corrected chi connectivity index (χ4v) is 3.21. The van der Waals surface area contributed by atoms with Gasteiger partial charge in [-0.3, -0.25) is 0 Å². The Morgan fingerprint density at radius 3 is 1.95 bits per heavy atom. The van der Waals surface area contributed by atoms with E-state index in [4.69, 9.17) is 0 Å². The zero-order valence-corrected chi connectivity index (χ0v) is 15.6. The molecule has 110 valence electrons. The van der Waals surface area contributed by atoms with Gasteiger partial charge in [-0.25, -0.2) is 8.78 Å². The molecule has 0 heterocycles. The van der Waals surface area contributed by atoms with Crippen LogP contribution in [0.3, 0.4) is 0 Å². The second-order valence-electron chi connectivity index (χ2n) is 6.14. The normalized spacial score (nSPS) is 21.2. The molecular weight excluding hydrogens is 355 g/mol. The van der Waals surface area contributed by atoms with Crippen LogP contribution in [0.5, 0.6) is 0 Å². The van der Waals surface area contributed by atoms with E-state index in [0.29, 0.717) is 11.5 Å². The van der Waals surface area contributed by atoms with Crippen LogP contribution in [0.2, 0.25) is 0 Å². The Bertz CT molecular complexity index is 594. The average molecular weight is 374 g/mol. The second kappa shape index (κ2) is 7.79. The summed E-state index contributed by atoms with van der Waals surface area (Å²) in [7, 11) is 0. The molecule has 0 aromatic heterocycles. The third-order valence-corrected chi connectivity index (χ3v) is 4.53. The van der Waals surface area contributed by atoms with Crippen molar-refractivity contribution in [2.45, 2.75) is 38.5 Å². The third kappa shape index (κ3) is 4.23. The molecule has 0 unspecified atom stereocenters. The molecule has 1 fully saturated rings. The van der Waals surface area contributed by atoms with Gasteiger partial charge in [-0.05, 0) is 35.8 Å². The van der Waals surface area contributed by atoms with Crippen LogP contribution >= 0.6 is 0 Å². The van der Waals surface area contributed by atoms with E-state index in [2.05, 4.69) is 19.1 Å². The first-order valence-electron chi connectivity index (χ1n) is 7.60. The molecule has 0 spiro atoms. The first kappa shape index (κ1) is 17.8. The monoisotopic (exact) mass is 374 g/mol. The molecule has 0 N–H and O–H groups in total. The van der Waals surface area contributed by atoms with Crippen LogP contribution in [0.4, 0.5) is 8.78 Å². The Morgan fingerprint density at radius 1 is 0.864 bits per heavy atom. The predicted octanol–water partition coefficient (Wildman–Crippen LogP) is 5.72. The minimum atomic E-state index is -0.657. The number of hydrogen-bond donors (Lipinski definition) is 0. The largest absolute Gasteiger partial charge is 3.00 e. The third-order valence-electron chi connectivity index (χ3n) is 4.53. The molecule has 1 aliphatic rings. The average Bonchev–Trinajstić information content (AvgIpc) is 2.47. The van der Waals surface area contributed by atoms with Gasteiger partial charge in [0, 0.05) is 11.6 Å². The summed E-state index contributed by atoms with van der Waals surface area (Å²) in [4.78, 5) is 0. The summed E-state index contributed by atoms with van der Waals surface area (Å²) >= 11 is 0. The molecule has 0 aliphatic heterocycles. The van der Waals surface area contributed by atoms with Gasteiger partial charge in [0.1, 0.15) is 0 Å². The van der Waals surface area contributed by atoms with Gasteiger partial charge >= 0.3 is 32.7 Å². The summed E-state index contributed by atoms with van der Waals surface area (Å²) in [5.74, 6) is 0.158. The van der Waals surface area contributed by atoms with Crippen molar-refractivity contribution in [2.24, 2.45) is 5.92 Å². The standard InChI is InChI=1S/C19H19F2.Y/c1-13-2-4-14(5-3-13)15-6-8-16(9-7-15)17-10-18(20)12-19(21)11-17;/h6-11,13-14H,2-5H2,1H3;/q-1;+3. The Morgan fingerprint density at radius 2 is 1.41 bits per heavy atom. The van der Waals surface area contributed by atoms with Crippen LogP contribution in [0.1, 0.15) is 44.1 Å². The van der Waals surface area contributed by atoms with E-state index in [1.54, 1.807) is 0 Å². The Hall–Kier alpha value is -0.596. The molecule has 1 saturated carbocycles. The molecule has 2 aromatic rings. The Labute approximate surface area is 156 Å². The maximum atomic E-state index is 13.2. The predicted molar refractivity (Wildman–Crippen MR) is 81.0 cm³/mol. The number of hydrogen-bond acceptors (Lipinski definition) is 0. The van der Waals surface area contributed by atoms with Crippen molar-refractivity contribution in [3.05, 3.63) is 59.7 Å². The van der Waals surface area contributed by atoms with Crippen molar-refractivity contribution in [3.8, 4) is 11.1 Å². The van der Waals surface area contributed by atoms with Crippen molar-refractivity contribution >= 4 is 0 Å². The number of rotatable bonds is 2. The summed E-state index contributed by atoms with van der Waals surface area (Å²) in [6.45, 7) is 2.31. The number of benzene rings is 2. The van der Waals surface area contributed by atoms with Gasteiger partial charge in [0.05, 0.1) is 0 Å². The molecule has 1 aliphatic carbocycles. The quantitative estimate of drug-likeness (QED) is 0.590. The van der Waals surface area contributed by atoms with Crippen molar-refractivity contribution in [1.29, 1.82) is 0 Å². The molecule has 22 heavy (non-hydrogen) atoms. The van der Waals surface area contributed by atoms with Crippen molar-refractivity contribution < 1.29 is 41.5 Å². The molecule has 0 saturated heterocycles. The Kier molecular flexibility index (Phi) is 6.29. The zero-order valence-electron chi connectivity index (χ0n) is 12.8. The van der Waals surface area contributed by atoms with Crippen molar-refractivity contribution in [1.82, 2.24) is 0 Å². The van der Waals surface area contributed by atoms with Gasteiger partial charge in [0.25, 0.3) is 0 Å². The summed E-state index contributed by atoms with van der Waals surface area (Å²) in [5, 5.41) is 0. The van der Waals surface area contributed by atoms with Gasteiger partial charge in [0.15, 0.2) is 0 Å². The van der Waals surface area contributed by atoms with E-state index < -0.39 is 11.6 Å². The molecule has 2 aromatic carbocycles. The molecule has 0 amide bonds.